The van der Waals surface area contributed by atoms with Crippen molar-refractivity contribution in [1.82, 2.24) is 0 Å². The lowest BCUT2D eigenvalue weighted by atomic mass is 9.77. The number of benzene rings is 1. The fourth-order valence-electron chi connectivity index (χ4n) is 2.62. The van der Waals surface area contributed by atoms with E-state index in [1.54, 1.807) is 13.0 Å². The van der Waals surface area contributed by atoms with E-state index in [-0.39, 0.29) is 11.3 Å². The van der Waals surface area contributed by atoms with Crippen molar-refractivity contribution in [2.75, 3.05) is 0 Å². The van der Waals surface area contributed by atoms with Crippen LogP contribution in [-0.2, 0) is 18.0 Å². The monoisotopic (exact) mass is 272 g/mol. The summed E-state index contributed by atoms with van der Waals surface area (Å²) in [4.78, 5) is 0. The summed E-state index contributed by atoms with van der Waals surface area (Å²) in [6, 6.07) is 2.89. The van der Waals surface area contributed by atoms with Gasteiger partial charge in [-0.1, -0.05) is 47.6 Å². The molecule has 3 heteroatoms. The molecule has 0 bridgehead atoms. The highest BCUT2D eigenvalue weighted by Gasteiger charge is 2.35. The van der Waals surface area contributed by atoms with Crippen LogP contribution in [0.4, 0.5) is 13.2 Å². The summed E-state index contributed by atoms with van der Waals surface area (Å²) < 4.78 is 39.3. The number of hydrogen-bond acceptors (Lipinski definition) is 0. The topological polar surface area (TPSA) is 0 Å². The van der Waals surface area contributed by atoms with Crippen molar-refractivity contribution in [3.05, 3.63) is 34.4 Å². The molecule has 0 heterocycles. The first-order chi connectivity index (χ1) is 8.50. The molecule has 0 radical (unpaired) electrons. The van der Waals surface area contributed by atoms with Gasteiger partial charge < -0.3 is 0 Å². The molecule has 1 rings (SSSR count). The van der Waals surface area contributed by atoms with Crippen molar-refractivity contribution in [2.45, 2.75) is 65.5 Å². The van der Waals surface area contributed by atoms with E-state index in [9.17, 15) is 13.2 Å². The molecule has 19 heavy (non-hydrogen) atoms. The Morgan fingerprint density at radius 2 is 1.47 bits per heavy atom. The zero-order chi connectivity index (χ0) is 15.0. The van der Waals surface area contributed by atoms with Crippen LogP contribution in [0.25, 0.3) is 0 Å². The average molecular weight is 272 g/mol. The Labute approximate surface area is 114 Å². The van der Waals surface area contributed by atoms with Gasteiger partial charge in [0.1, 0.15) is 0 Å². The number of halogens is 3. The Morgan fingerprint density at radius 3 is 1.79 bits per heavy atom. The van der Waals surface area contributed by atoms with Gasteiger partial charge >= 0.3 is 6.18 Å². The molecule has 1 aromatic carbocycles. The summed E-state index contributed by atoms with van der Waals surface area (Å²) in [5, 5.41) is 0. The second-order valence-corrected chi connectivity index (χ2v) is 6.31. The number of hydrogen-bond donors (Lipinski definition) is 0. The zero-order valence-corrected chi connectivity index (χ0v) is 12.6. The maximum atomic E-state index is 13.1. The van der Waals surface area contributed by atoms with Crippen LogP contribution in [0.3, 0.4) is 0 Å². The lowest BCUT2D eigenvalue weighted by Gasteiger charge is -2.29. The number of rotatable bonds is 2. The first-order valence-corrected chi connectivity index (χ1v) is 6.73. The highest BCUT2D eigenvalue weighted by Crippen LogP contribution is 2.40. The molecule has 0 aromatic heterocycles. The predicted octanol–water partition coefficient (Wildman–Crippen LogP) is 5.69. The minimum Gasteiger partial charge on any atom is -0.166 e. The third-order valence-electron chi connectivity index (χ3n) is 3.40. The van der Waals surface area contributed by atoms with Crippen LogP contribution in [0.5, 0.6) is 0 Å². The number of alkyl halides is 3. The molecular formula is C16H23F3. The van der Waals surface area contributed by atoms with Crippen LogP contribution in [-0.4, -0.2) is 0 Å². The van der Waals surface area contributed by atoms with Gasteiger partial charge in [-0.3, -0.25) is 0 Å². The van der Waals surface area contributed by atoms with Gasteiger partial charge in [0, 0.05) is 0 Å². The largest absolute Gasteiger partial charge is 0.416 e. The molecule has 0 amide bonds. The van der Waals surface area contributed by atoms with Gasteiger partial charge in [-0.15, -0.1) is 0 Å². The van der Waals surface area contributed by atoms with E-state index in [0.29, 0.717) is 12.0 Å². The summed E-state index contributed by atoms with van der Waals surface area (Å²) in [5.41, 5.74) is 1.71. The van der Waals surface area contributed by atoms with E-state index in [0.717, 1.165) is 11.1 Å². The van der Waals surface area contributed by atoms with E-state index in [2.05, 4.69) is 0 Å². The third kappa shape index (κ3) is 3.31. The molecule has 0 aliphatic rings. The molecule has 0 aliphatic carbocycles. The molecule has 0 nitrogen and oxygen atoms in total. The van der Waals surface area contributed by atoms with Gasteiger partial charge in [-0.05, 0) is 40.5 Å². The highest BCUT2D eigenvalue weighted by molar-refractivity contribution is 5.47. The Hall–Kier alpha value is -0.990. The maximum Gasteiger partial charge on any atom is 0.416 e. The highest BCUT2D eigenvalue weighted by atomic mass is 19.4. The van der Waals surface area contributed by atoms with Crippen molar-refractivity contribution in [1.29, 1.82) is 0 Å². The Balaban J connectivity index is 3.67. The summed E-state index contributed by atoms with van der Waals surface area (Å²) in [7, 11) is 0. The Bertz CT molecular complexity index is 448. The molecule has 0 atom stereocenters. The van der Waals surface area contributed by atoms with E-state index in [4.69, 9.17) is 0 Å². The van der Waals surface area contributed by atoms with Crippen LogP contribution >= 0.6 is 0 Å². The van der Waals surface area contributed by atoms with E-state index >= 15 is 0 Å². The van der Waals surface area contributed by atoms with Gasteiger partial charge in [0.15, 0.2) is 0 Å². The van der Waals surface area contributed by atoms with Gasteiger partial charge in [0.25, 0.3) is 0 Å². The zero-order valence-electron chi connectivity index (χ0n) is 12.6. The first kappa shape index (κ1) is 16.1. The van der Waals surface area contributed by atoms with Crippen LogP contribution in [0, 0.1) is 0 Å². The summed E-state index contributed by atoms with van der Waals surface area (Å²) >= 11 is 0. The van der Waals surface area contributed by atoms with Crippen molar-refractivity contribution < 1.29 is 13.2 Å². The van der Waals surface area contributed by atoms with Crippen molar-refractivity contribution in [3.63, 3.8) is 0 Å². The van der Waals surface area contributed by atoms with Crippen molar-refractivity contribution in [3.8, 4) is 0 Å². The molecular weight excluding hydrogens is 249 g/mol. The Kier molecular flexibility index (Phi) is 4.38. The fourth-order valence-corrected chi connectivity index (χ4v) is 2.62. The summed E-state index contributed by atoms with van der Waals surface area (Å²) in [5.74, 6) is 0.0893. The smallest absolute Gasteiger partial charge is 0.166 e. The van der Waals surface area contributed by atoms with Crippen molar-refractivity contribution in [2.24, 2.45) is 0 Å². The van der Waals surface area contributed by atoms with Crippen LogP contribution < -0.4 is 0 Å². The molecule has 1 aromatic rings. The maximum absolute atomic E-state index is 13.1. The summed E-state index contributed by atoms with van der Waals surface area (Å²) in [6.07, 6.45) is -3.86. The second kappa shape index (κ2) is 5.18. The lowest BCUT2D eigenvalue weighted by Crippen LogP contribution is -2.20. The minimum atomic E-state index is -4.27. The van der Waals surface area contributed by atoms with Gasteiger partial charge in [-0.2, -0.15) is 13.2 Å². The molecule has 0 fully saturated rings. The van der Waals surface area contributed by atoms with E-state index in [1.165, 1.54) is 6.07 Å². The second-order valence-electron chi connectivity index (χ2n) is 6.31. The lowest BCUT2D eigenvalue weighted by molar-refractivity contribution is -0.138. The van der Waals surface area contributed by atoms with Crippen LogP contribution in [0.2, 0.25) is 0 Å². The predicted molar refractivity (Wildman–Crippen MR) is 73.6 cm³/mol. The molecule has 0 unspecified atom stereocenters. The van der Waals surface area contributed by atoms with Gasteiger partial charge in [-0.25, -0.2) is 0 Å². The molecule has 0 aliphatic heterocycles. The van der Waals surface area contributed by atoms with E-state index in [1.807, 2.05) is 34.6 Å². The molecule has 0 saturated carbocycles. The standard InChI is InChI=1S/C16H23F3/c1-7-11-12(16(17,18)19)8-9-13(15(4,5)6)14(11)10(2)3/h8-10H,7H2,1-6H3. The van der Waals surface area contributed by atoms with Gasteiger partial charge in [0.2, 0.25) is 0 Å². The SMILES string of the molecule is CCc1c(C(F)(F)F)ccc(C(C)(C)C)c1C(C)C. The third-order valence-corrected chi connectivity index (χ3v) is 3.40. The molecule has 0 saturated heterocycles. The fraction of sp³-hybridized carbons (Fsp3) is 0.625. The van der Waals surface area contributed by atoms with E-state index < -0.39 is 11.7 Å². The Morgan fingerprint density at radius 1 is 1.00 bits per heavy atom. The molecule has 0 N–H and O–H groups in total. The van der Waals surface area contributed by atoms with Gasteiger partial charge in [0.05, 0.1) is 5.56 Å². The van der Waals surface area contributed by atoms with Crippen molar-refractivity contribution >= 4 is 0 Å². The average Bonchev–Trinajstić information content (AvgIpc) is 2.24. The summed E-state index contributed by atoms with van der Waals surface area (Å²) in [6.45, 7) is 11.8. The molecule has 108 valence electrons. The molecule has 0 spiro atoms. The quantitative estimate of drug-likeness (QED) is 0.649. The van der Waals surface area contributed by atoms with Crippen LogP contribution in [0.15, 0.2) is 12.1 Å². The van der Waals surface area contributed by atoms with Crippen LogP contribution in [0.1, 0.15) is 69.7 Å². The first-order valence-electron chi connectivity index (χ1n) is 6.73. The normalized spacial score (nSPS) is 13.2. The minimum absolute atomic E-state index is 0.0893.